The van der Waals surface area contributed by atoms with Crippen molar-refractivity contribution in [3.05, 3.63) is 29.7 Å². The van der Waals surface area contributed by atoms with Crippen molar-refractivity contribution in [1.29, 1.82) is 0 Å². The first-order valence-corrected chi connectivity index (χ1v) is 5.51. The zero-order chi connectivity index (χ0) is 11.0. The van der Waals surface area contributed by atoms with E-state index in [4.69, 9.17) is 9.42 Å². The molecule has 2 aromatic heterocycles. The molecule has 0 amide bonds. The molecule has 0 aromatic carbocycles. The number of nitrogens with zero attached hydrogens (tertiary/aromatic N) is 2. The topological polar surface area (TPSA) is 63.8 Å². The van der Waals surface area contributed by atoms with E-state index >= 15 is 0 Å². The van der Waals surface area contributed by atoms with Crippen LogP contribution in [-0.4, -0.2) is 14.3 Å². The average Bonchev–Trinajstić information content (AvgIpc) is 2.45. The quantitative estimate of drug-likeness (QED) is 0.793. The Bertz CT molecular complexity index is 535. The molecular weight excluding hydrogens is 215 g/mol. The second-order valence-corrected chi connectivity index (χ2v) is 3.84. The highest BCUT2D eigenvalue weighted by molar-refractivity contribution is 7.32. The maximum Gasteiger partial charge on any atom is 0.747 e. The van der Waals surface area contributed by atoms with Crippen LogP contribution in [0, 0.1) is 13.8 Å². The van der Waals surface area contributed by atoms with Crippen LogP contribution in [0.5, 0.6) is 5.75 Å². The molecule has 0 aliphatic rings. The van der Waals surface area contributed by atoms with Crippen molar-refractivity contribution in [3.63, 3.8) is 0 Å². The lowest BCUT2D eigenvalue weighted by atomic mass is 10.4. The second-order valence-electron chi connectivity index (χ2n) is 3.18. The molecule has 2 aromatic rings. The minimum absolute atomic E-state index is 0.317. The normalized spacial score (nSPS) is 11.8. The molecule has 78 valence electrons. The molecule has 1 atom stereocenters. The Morgan fingerprint density at radius 1 is 1.53 bits per heavy atom. The van der Waals surface area contributed by atoms with Crippen LogP contribution in [0.25, 0.3) is 5.65 Å². The Kier molecular flexibility index (Phi) is 2.42. The van der Waals surface area contributed by atoms with Crippen molar-refractivity contribution < 1.29 is 14.0 Å². The molecule has 2 heterocycles. The van der Waals surface area contributed by atoms with E-state index in [1.54, 1.807) is 12.1 Å². The maximum absolute atomic E-state index is 10.6. The fourth-order valence-corrected chi connectivity index (χ4v) is 1.74. The van der Waals surface area contributed by atoms with Crippen LogP contribution in [0.3, 0.4) is 0 Å². The molecule has 0 spiro atoms. The van der Waals surface area contributed by atoms with E-state index in [9.17, 15) is 4.57 Å². The van der Waals surface area contributed by atoms with Gasteiger partial charge in [0.05, 0.1) is 5.69 Å². The lowest BCUT2D eigenvalue weighted by Gasteiger charge is -1.97. The first-order chi connectivity index (χ1) is 7.09. The molecule has 15 heavy (non-hydrogen) atoms. The summed E-state index contributed by atoms with van der Waals surface area (Å²) in [6.07, 6.45) is 1.84. The molecule has 0 aliphatic carbocycles. The van der Waals surface area contributed by atoms with E-state index in [0.717, 1.165) is 11.4 Å². The summed E-state index contributed by atoms with van der Waals surface area (Å²) in [7, 11) is -2.65. The summed E-state index contributed by atoms with van der Waals surface area (Å²) in [6, 6.07) is 3.36. The summed E-state index contributed by atoms with van der Waals surface area (Å²) in [4.78, 5) is 13.0. The smallest absolute Gasteiger partial charge is 0.301 e. The molecule has 0 fully saturated rings. The van der Waals surface area contributed by atoms with Crippen LogP contribution >= 0.6 is 8.25 Å². The van der Waals surface area contributed by atoms with Gasteiger partial charge in [-0.2, -0.15) is 0 Å². The van der Waals surface area contributed by atoms with Gasteiger partial charge in [-0.3, -0.25) is 0 Å². The summed E-state index contributed by atoms with van der Waals surface area (Å²) in [6.45, 7) is 3.81. The SMILES string of the molecule is Cc1nc2c(O[P+](=O)O)cccn2c1C. The number of imidazole rings is 1. The third kappa shape index (κ3) is 1.71. The third-order valence-corrected chi connectivity index (χ3v) is 2.62. The van der Waals surface area contributed by atoms with Gasteiger partial charge in [0.2, 0.25) is 5.75 Å². The summed E-state index contributed by atoms with van der Waals surface area (Å²) >= 11 is 0. The Morgan fingerprint density at radius 3 is 2.93 bits per heavy atom. The third-order valence-electron chi connectivity index (χ3n) is 2.27. The number of aryl methyl sites for hydroxylation is 2. The zero-order valence-corrected chi connectivity index (χ0v) is 9.23. The summed E-state index contributed by atoms with van der Waals surface area (Å²) in [5.41, 5.74) is 2.42. The minimum Gasteiger partial charge on any atom is -0.301 e. The Hall–Kier alpha value is -1.45. The highest BCUT2D eigenvalue weighted by Crippen LogP contribution is 2.27. The van der Waals surface area contributed by atoms with E-state index in [1.807, 2.05) is 24.4 Å². The molecule has 0 aliphatic heterocycles. The van der Waals surface area contributed by atoms with Crippen molar-refractivity contribution in [2.75, 3.05) is 0 Å². The number of rotatable bonds is 2. The Labute approximate surface area is 87.3 Å². The number of hydrogen-bond donors (Lipinski definition) is 1. The van der Waals surface area contributed by atoms with Crippen molar-refractivity contribution in [2.45, 2.75) is 13.8 Å². The molecular formula is C9H10N2O3P+. The zero-order valence-electron chi connectivity index (χ0n) is 8.34. The van der Waals surface area contributed by atoms with Gasteiger partial charge in [-0.1, -0.05) is 0 Å². The van der Waals surface area contributed by atoms with Crippen molar-refractivity contribution >= 4 is 13.9 Å². The van der Waals surface area contributed by atoms with Gasteiger partial charge in [0, 0.05) is 16.5 Å². The first-order valence-electron chi connectivity index (χ1n) is 4.38. The number of aromatic nitrogens is 2. The monoisotopic (exact) mass is 225 g/mol. The summed E-state index contributed by atoms with van der Waals surface area (Å²) in [5.74, 6) is 0.317. The molecule has 5 nitrogen and oxygen atoms in total. The van der Waals surface area contributed by atoms with Crippen molar-refractivity contribution in [2.24, 2.45) is 0 Å². The number of pyridine rings is 1. The van der Waals surface area contributed by atoms with E-state index in [0.29, 0.717) is 11.4 Å². The van der Waals surface area contributed by atoms with Crippen LogP contribution in [0.1, 0.15) is 11.4 Å². The van der Waals surface area contributed by atoms with Gasteiger partial charge in [-0.15, -0.1) is 4.89 Å². The van der Waals surface area contributed by atoms with Crippen LogP contribution in [0.4, 0.5) is 0 Å². The number of hydrogen-bond acceptors (Lipinski definition) is 3. The number of fused-ring (bicyclic) bond motifs is 1. The van der Waals surface area contributed by atoms with Crippen molar-refractivity contribution in [1.82, 2.24) is 9.38 Å². The van der Waals surface area contributed by atoms with Crippen LogP contribution in [0.15, 0.2) is 18.3 Å². The lowest BCUT2D eigenvalue weighted by molar-refractivity contribution is 0.411. The summed E-state index contributed by atoms with van der Waals surface area (Å²) in [5, 5.41) is 0. The predicted octanol–water partition coefficient (Wildman–Crippen LogP) is 1.98. The molecule has 0 saturated carbocycles. The average molecular weight is 225 g/mol. The largest absolute Gasteiger partial charge is 0.747 e. The van der Waals surface area contributed by atoms with E-state index < -0.39 is 8.25 Å². The van der Waals surface area contributed by atoms with E-state index in [-0.39, 0.29) is 0 Å². The molecule has 0 saturated heterocycles. The van der Waals surface area contributed by atoms with Crippen LogP contribution in [-0.2, 0) is 4.57 Å². The Balaban J connectivity index is 2.65. The van der Waals surface area contributed by atoms with Gasteiger partial charge < -0.3 is 4.40 Å². The summed E-state index contributed by atoms with van der Waals surface area (Å²) < 4.78 is 17.2. The van der Waals surface area contributed by atoms with Gasteiger partial charge in [0.25, 0.3) is 0 Å². The minimum atomic E-state index is -2.65. The first kappa shape index (κ1) is 10.1. The fourth-order valence-electron chi connectivity index (χ4n) is 1.43. The van der Waals surface area contributed by atoms with Crippen LogP contribution in [0.2, 0.25) is 0 Å². The van der Waals surface area contributed by atoms with E-state index in [2.05, 4.69) is 4.98 Å². The Morgan fingerprint density at radius 2 is 2.27 bits per heavy atom. The van der Waals surface area contributed by atoms with E-state index in [1.165, 1.54) is 0 Å². The molecule has 1 N–H and O–H groups in total. The molecule has 2 rings (SSSR count). The highest BCUT2D eigenvalue weighted by atomic mass is 31.1. The molecule has 6 heteroatoms. The van der Waals surface area contributed by atoms with Gasteiger partial charge in [0.15, 0.2) is 5.65 Å². The molecule has 1 unspecified atom stereocenters. The maximum atomic E-state index is 10.6. The highest BCUT2D eigenvalue weighted by Gasteiger charge is 2.19. The van der Waals surface area contributed by atoms with Gasteiger partial charge in [-0.25, -0.2) is 9.51 Å². The van der Waals surface area contributed by atoms with Gasteiger partial charge in [-0.05, 0) is 26.0 Å². The molecule has 0 radical (unpaired) electrons. The van der Waals surface area contributed by atoms with Gasteiger partial charge >= 0.3 is 8.25 Å². The predicted molar refractivity (Wildman–Crippen MR) is 55.1 cm³/mol. The van der Waals surface area contributed by atoms with Gasteiger partial charge in [0.1, 0.15) is 0 Å². The van der Waals surface area contributed by atoms with Crippen LogP contribution < -0.4 is 4.52 Å². The van der Waals surface area contributed by atoms with Crippen molar-refractivity contribution in [3.8, 4) is 5.75 Å². The standard InChI is InChI=1S/C9H9N2O3P/c1-6-7(2)11-5-3-4-8(9(11)10-6)14-15(12)13/h3-5H,1-2H3/p+1. The lowest BCUT2D eigenvalue weighted by Crippen LogP contribution is -1.90. The second kappa shape index (κ2) is 3.61. The molecule has 0 bridgehead atoms. The fraction of sp³-hybridized carbons (Fsp3) is 0.222.